The molecule has 29 heavy (non-hydrogen) atoms. The Morgan fingerprint density at radius 2 is 1.90 bits per heavy atom. The lowest BCUT2D eigenvalue weighted by atomic mass is 10.0. The number of sulfonamides is 1. The number of rotatable bonds is 5. The van der Waals surface area contributed by atoms with E-state index in [2.05, 4.69) is 47.5 Å². The Morgan fingerprint density at radius 3 is 2.52 bits per heavy atom. The van der Waals surface area contributed by atoms with E-state index in [-0.39, 0.29) is 30.0 Å². The molecular weight excluding hydrogens is 499 g/mol. The van der Waals surface area contributed by atoms with E-state index in [1.807, 2.05) is 6.07 Å². The molecule has 2 saturated heterocycles. The number of benzene rings is 1. The summed E-state index contributed by atoms with van der Waals surface area (Å²) >= 11 is 0. The van der Waals surface area contributed by atoms with Crippen LogP contribution in [0.4, 0.5) is 0 Å². The molecule has 1 atom stereocenters. The molecule has 2 heterocycles. The smallest absolute Gasteiger partial charge is 0.211 e. The summed E-state index contributed by atoms with van der Waals surface area (Å²) in [5.74, 6) is 0.904. The third-order valence-corrected chi connectivity index (χ3v) is 6.74. The van der Waals surface area contributed by atoms with Gasteiger partial charge in [0, 0.05) is 32.2 Å². The van der Waals surface area contributed by atoms with Crippen LogP contribution in [0.5, 0.6) is 0 Å². The molecule has 1 aromatic rings. The van der Waals surface area contributed by atoms with Crippen LogP contribution in [0.15, 0.2) is 40.9 Å². The Morgan fingerprint density at radius 1 is 1.21 bits per heavy atom. The molecule has 0 amide bonds. The van der Waals surface area contributed by atoms with Crippen LogP contribution in [0, 0.1) is 0 Å². The van der Waals surface area contributed by atoms with E-state index in [1.165, 1.54) is 17.4 Å². The molecule has 162 valence electrons. The van der Waals surface area contributed by atoms with Gasteiger partial charge in [0.25, 0.3) is 0 Å². The van der Waals surface area contributed by atoms with E-state index in [9.17, 15) is 8.42 Å². The third-order valence-electron chi connectivity index (χ3n) is 5.41. The first-order valence-corrected chi connectivity index (χ1v) is 12.1. The monoisotopic (exact) mass is 532 g/mol. The summed E-state index contributed by atoms with van der Waals surface area (Å²) in [5, 5.41) is 3.38. The predicted octanol–water partition coefficient (Wildman–Crippen LogP) is 3.17. The molecule has 2 fully saturated rings. The Hall–Kier alpha value is -1.13. The van der Waals surface area contributed by atoms with E-state index in [0.29, 0.717) is 13.1 Å². The maximum atomic E-state index is 11.9. The van der Waals surface area contributed by atoms with Crippen LogP contribution in [0.1, 0.15) is 38.2 Å². The summed E-state index contributed by atoms with van der Waals surface area (Å²) in [6.45, 7) is 5.89. The highest BCUT2D eigenvalue weighted by atomic mass is 127. The van der Waals surface area contributed by atoms with Crippen molar-refractivity contribution >= 4 is 46.0 Å². The average molecular weight is 532 g/mol. The molecule has 0 aromatic heterocycles. The summed E-state index contributed by atoms with van der Waals surface area (Å²) in [7, 11) is -3.15. The molecule has 2 aliphatic rings. The van der Waals surface area contributed by atoms with Crippen molar-refractivity contribution in [1.29, 1.82) is 0 Å². The van der Waals surface area contributed by atoms with E-state index in [1.54, 1.807) is 4.31 Å². The van der Waals surface area contributed by atoms with Crippen molar-refractivity contribution in [2.45, 2.75) is 38.6 Å². The normalized spacial score (nSPS) is 21.0. The number of nitrogens with one attached hydrogen (secondary N) is 1. The minimum absolute atomic E-state index is 0. The number of hydrogen-bond acceptors (Lipinski definition) is 3. The van der Waals surface area contributed by atoms with Gasteiger partial charge >= 0.3 is 0 Å². The Bertz CT molecular complexity index is 801. The number of piperidine rings is 1. The van der Waals surface area contributed by atoms with Crippen LogP contribution in [-0.2, 0) is 10.0 Å². The van der Waals surface area contributed by atoms with Gasteiger partial charge in [0.15, 0.2) is 5.96 Å². The second kappa shape index (κ2) is 11.3. The molecule has 0 saturated carbocycles. The van der Waals surface area contributed by atoms with Crippen molar-refractivity contribution in [3.63, 3.8) is 0 Å². The number of halogens is 1. The number of hydrogen-bond donors (Lipinski definition) is 1. The quantitative estimate of drug-likeness (QED) is 0.360. The maximum Gasteiger partial charge on any atom is 0.211 e. The number of nitrogens with zero attached hydrogens (tertiary/aromatic N) is 3. The van der Waals surface area contributed by atoms with Gasteiger partial charge in [0.1, 0.15) is 0 Å². The van der Waals surface area contributed by atoms with Crippen LogP contribution in [0.25, 0.3) is 6.08 Å². The van der Waals surface area contributed by atoms with Gasteiger partial charge in [-0.1, -0.05) is 42.0 Å². The number of aliphatic imine (C=N–C) groups is 1. The van der Waals surface area contributed by atoms with Gasteiger partial charge in [-0.05, 0) is 38.2 Å². The summed E-state index contributed by atoms with van der Waals surface area (Å²) in [4.78, 5) is 7.10. The fraction of sp³-hybridized carbons (Fsp3) is 0.571. The standard InChI is InChI=1S/C21H32N4O2S.HI/c1-3-22-21(23-17-20-10-7-13-25(20)28(2,26)27)24-14-11-19(12-15-24)16-18-8-5-4-6-9-18;/h4-6,8-9,16,20H,3,7,10-15,17H2,1-2H3,(H,22,23);1H/t20-;/m1./s1. The van der Waals surface area contributed by atoms with Gasteiger partial charge in [0.2, 0.25) is 10.0 Å². The Kier molecular flexibility index (Phi) is 9.42. The van der Waals surface area contributed by atoms with Crippen molar-refractivity contribution in [2.75, 3.05) is 39.0 Å². The molecule has 6 nitrogen and oxygen atoms in total. The minimum Gasteiger partial charge on any atom is -0.357 e. The van der Waals surface area contributed by atoms with Gasteiger partial charge in [-0.3, -0.25) is 4.99 Å². The predicted molar refractivity (Wildman–Crippen MR) is 131 cm³/mol. The fourth-order valence-electron chi connectivity index (χ4n) is 3.98. The molecular formula is C21H33IN4O2S. The molecule has 0 spiro atoms. The van der Waals surface area contributed by atoms with E-state index < -0.39 is 10.0 Å². The molecule has 8 heteroatoms. The first kappa shape index (κ1) is 24.1. The third kappa shape index (κ3) is 6.96. The van der Waals surface area contributed by atoms with Crippen LogP contribution in [0.2, 0.25) is 0 Å². The summed E-state index contributed by atoms with van der Waals surface area (Å²) in [5.41, 5.74) is 2.73. The first-order valence-electron chi connectivity index (χ1n) is 10.2. The van der Waals surface area contributed by atoms with Crippen molar-refractivity contribution in [1.82, 2.24) is 14.5 Å². The largest absolute Gasteiger partial charge is 0.357 e. The number of guanidine groups is 1. The van der Waals surface area contributed by atoms with Crippen molar-refractivity contribution in [2.24, 2.45) is 4.99 Å². The molecule has 0 radical (unpaired) electrons. The zero-order chi connectivity index (χ0) is 20.0. The zero-order valence-corrected chi connectivity index (χ0v) is 20.5. The molecule has 0 aliphatic carbocycles. The van der Waals surface area contributed by atoms with Crippen molar-refractivity contribution in [3.8, 4) is 0 Å². The first-order chi connectivity index (χ1) is 13.5. The minimum atomic E-state index is -3.15. The summed E-state index contributed by atoms with van der Waals surface area (Å²) in [6.07, 6.45) is 7.45. The molecule has 0 bridgehead atoms. The van der Waals surface area contributed by atoms with Gasteiger partial charge < -0.3 is 10.2 Å². The van der Waals surface area contributed by atoms with E-state index >= 15 is 0 Å². The molecule has 1 aromatic carbocycles. The molecule has 2 aliphatic heterocycles. The zero-order valence-electron chi connectivity index (χ0n) is 17.4. The van der Waals surface area contributed by atoms with Gasteiger partial charge in [-0.15, -0.1) is 24.0 Å². The maximum absolute atomic E-state index is 11.9. The summed E-state index contributed by atoms with van der Waals surface area (Å²) in [6, 6.07) is 10.4. The van der Waals surface area contributed by atoms with Crippen LogP contribution in [0.3, 0.4) is 0 Å². The highest BCUT2D eigenvalue weighted by molar-refractivity contribution is 14.0. The second-order valence-corrected chi connectivity index (χ2v) is 9.50. The lowest BCUT2D eigenvalue weighted by Gasteiger charge is -2.32. The second-order valence-electron chi connectivity index (χ2n) is 7.56. The van der Waals surface area contributed by atoms with Crippen LogP contribution < -0.4 is 5.32 Å². The summed E-state index contributed by atoms with van der Waals surface area (Å²) < 4.78 is 25.5. The van der Waals surface area contributed by atoms with Gasteiger partial charge in [0.05, 0.1) is 12.8 Å². The SMILES string of the molecule is CCNC(=NC[C@H]1CCCN1S(C)(=O)=O)N1CCC(=Cc2ccccc2)CC1.I. The van der Waals surface area contributed by atoms with E-state index in [4.69, 9.17) is 4.99 Å². The molecule has 3 rings (SSSR count). The highest BCUT2D eigenvalue weighted by Crippen LogP contribution is 2.22. The molecule has 0 unspecified atom stereocenters. The molecule has 1 N–H and O–H groups in total. The Balaban J connectivity index is 0.00000300. The van der Waals surface area contributed by atoms with Crippen molar-refractivity contribution in [3.05, 3.63) is 41.5 Å². The topological polar surface area (TPSA) is 65.0 Å². The highest BCUT2D eigenvalue weighted by Gasteiger charge is 2.31. The fourth-order valence-corrected chi connectivity index (χ4v) is 5.16. The Labute approximate surface area is 192 Å². The van der Waals surface area contributed by atoms with Crippen molar-refractivity contribution < 1.29 is 8.42 Å². The van der Waals surface area contributed by atoms with E-state index in [0.717, 1.165) is 51.3 Å². The van der Waals surface area contributed by atoms with Crippen LogP contribution >= 0.6 is 24.0 Å². The number of likely N-dealkylation sites (tertiary alicyclic amines) is 1. The van der Waals surface area contributed by atoms with Gasteiger partial charge in [-0.2, -0.15) is 4.31 Å². The average Bonchev–Trinajstić information content (AvgIpc) is 3.16. The lowest BCUT2D eigenvalue weighted by molar-refractivity contribution is 0.367. The lowest BCUT2D eigenvalue weighted by Crippen LogP contribution is -2.45. The van der Waals surface area contributed by atoms with Crippen LogP contribution in [-0.4, -0.2) is 68.6 Å². The van der Waals surface area contributed by atoms with Gasteiger partial charge in [-0.25, -0.2) is 8.42 Å².